The minimum absolute atomic E-state index is 0.221. The predicted molar refractivity (Wildman–Crippen MR) is 25.1 cm³/mol. The van der Waals surface area contributed by atoms with Crippen LogP contribution in [-0.4, -0.2) is 18.2 Å². The van der Waals surface area contributed by atoms with Gasteiger partial charge in [0, 0.05) is 6.42 Å². The first-order valence-electron chi connectivity index (χ1n) is 2.54. The van der Waals surface area contributed by atoms with Crippen LogP contribution in [0.25, 0.3) is 0 Å². The molecule has 0 aromatic carbocycles. The van der Waals surface area contributed by atoms with E-state index in [-0.39, 0.29) is 12.5 Å². The quantitative estimate of drug-likeness (QED) is 0.437. The van der Waals surface area contributed by atoms with E-state index in [9.17, 15) is 9.18 Å². The van der Waals surface area contributed by atoms with Gasteiger partial charge in [-0.3, -0.25) is 0 Å². The number of cyclic esters (lactones) is 1. The number of halogens is 1. The van der Waals surface area contributed by atoms with Crippen molar-refractivity contribution in [2.75, 3.05) is 0 Å². The Balaban J connectivity index is 2.51. The van der Waals surface area contributed by atoms with Crippen LogP contribution in [0, 0.1) is 0 Å². The zero-order chi connectivity index (χ0) is 6.15. The van der Waals surface area contributed by atoms with E-state index in [1.54, 1.807) is 6.92 Å². The third-order valence-electron chi connectivity index (χ3n) is 1.11. The number of esters is 1. The summed E-state index contributed by atoms with van der Waals surface area (Å²) in [5, 5.41) is 0. The second kappa shape index (κ2) is 1.73. The summed E-state index contributed by atoms with van der Waals surface area (Å²) < 4.78 is 16.6. The molecule has 0 aromatic heterocycles. The molecule has 8 heavy (non-hydrogen) atoms. The molecule has 2 atom stereocenters. The normalized spacial score (nSPS) is 37.5. The number of rotatable bonds is 0. The topological polar surface area (TPSA) is 26.3 Å². The molecule has 1 saturated heterocycles. The van der Waals surface area contributed by atoms with E-state index >= 15 is 0 Å². The Bertz CT molecular complexity index is 113. The SMILES string of the molecule is CC1CC(F)C(=O)O1. The number of hydrogen-bond acceptors (Lipinski definition) is 2. The van der Waals surface area contributed by atoms with E-state index < -0.39 is 12.1 Å². The zero-order valence-corrected chi connectivity index (χ0v) is 4.56. The summed E-state index contributed by atoms with van der Waals surface area (Å²) in [5.74, 6) is -0.711. The van der Waals surface area contributed by atoms with Crippen LogP contribution in [0.5, 0.6) is 0 Å². The van der Waals surface area contributed by atoms with Gasteiger partial charge >= 0.3 is 5.97 Å². The number of ether oxygens (including phenoxy) is 1. The van der Waals surface area contributed by atoms with E-state index in [2.05, 4.69) is 4.74 Å². The number of hydrogen-bond donors (Lipinski definition) is 0. The summed E-state index contributed by atoms with van der Waals surface area (Å²) in [4.78, 5) is 10.2. The molecule has 1 aliphatic rings. The second-order valence-electron chi connectivity index (χ2n) is 1.95. The summed E-state index contributed by atoms with van der Waals surface area (Å²) >= 11 is 0. The van der Waals surface area contributed by atoms with Crippen LogP contribution >= 0.6 is 0 Å². The summed E-state index contributed by atoms with van der Waals surface area (Å²) in [5.41, 5.74) is 0. The van der Waals surface area contributed by atoms with Crippen molar-refractivity contribution in [2.24, 2.45) is 0 Å². The monoisotopic (exact) mass is 118 g/mol. The molecule has 2 nitrogen and oxygen atoms in total. The smallest absolute Gasteiger partial charge is 0.341 e. The van der Waals surface area contributed by atoms with Crippen LogP contribution in [-0.2, 0) is 9.53 Å². The molecule has 0 aliphatic carbocycles. The summed E-state index contributed by atoms with van der Waals surface area (Å²) in [6.45, 7) is 1.68. The first-order valence-corrected chi connectivity index (χ1v) is 2.54. The molecule has 1 aliphatic heterocycles. The Morgan fingerprint density at radius 3 is 2.62 bits per heavy atom. The lowest BCUT2D eigenvalue weighted by molar-refractivity contribution is -0.144. The molecule has 0 saturated carbocycles. The van der Waals surface area contributed by atoms with Gasteiger partial charge in [0.15, 0.2) is 0 Å². The fourth-order valence-corrected chi connectivity index (χ4v) is 0.708. The maximum atomic E-state index is 12.1. The van der Waals surface area contributed by atoms with Gasteiger partial charge in [-0.25, -0.2) is 9.18 Å². The van der Waals surface area contributed by atoms with Gasteiger partial charge in [-0.05, 0) is 6.92 Å². The molecular formula is C5H7FO2. The Hall–Kier alpha value is -0.600. The van der Waals surface area contributed by atoms with E-state index in [4.69, 9.17) is 0 Å². The molecule has 0 spiro atoms. The highest BCUT2D eigenvalue weighted by Crippen LogP contribution is 2.16. The van der Waals surface area contributed by atoms with Gasteiger partial charge in [0.05, 0.1) is 0 Å². The van der Waals surface area contributed by atoms with Gasteiger partial charge in [-0.15, -0.1) is 0 Å². The Labute approximate surface area is 46.6 Å². The van der Waals surface area contributed by atoms with Crippen molar-refractivity contribution in [1.29, 1.82) is 0 Å². The Morgan fingerprint density at radius 2 is 2.50 bits per heavy atom. The molecule has 1 fully saturated rings. The van der Waals surface area contributed by atoms with Crippen molar-refractivity contribution in [2.45, 2.75) is 25.6 Å². The maximum absolute atomic E-state index is 12.1. The summed E-state index contributed by atoms with van der Waals surface area (Å²) in [7, 11) is 0. The fourth-order valence-electron chi connectivity index (χ4n) is 0.708. The average Bonchev–Trinajstić information content (AvgIpc) is 1.85. The van der Waals surface area contributed by atoms with Gasteiger partial charge in [-0.2, -0.15) is 0 Å². The first kappa shape index (κ1) is 5.54. The van der Waals surface area contributed by atoms with Crippen molar-refractivity contribution in [1.82, 2.24) is 0 Å². The number of carbonyl (C=O) groups excluding carboxylic acids is 1. The van der Waals surface area contributed by atoms with Gasteiger partial charge in [0.1, 0.15) is 6.10 Å². The van der Waals surface area contributed by atoms with Gasteiger partial charge in [0.25, 0.3) is 0 Å². The number of alkyl halides is 1. The van der Waals surface area contributed by atoms with Crippen molar-refractivity contribution < 1.29 is 13.9 Å². The van der Waals surface area contributed by atoms with Crippen molar-refractivity contribution in [3.63, 3.8) is 0 Å². The predicted octanol–water partition coefficient (Wildman–Crippen LogP) is 0.660. The maximum Gasteiger partial charge on any atom is 0.341 e. The first-order chi connectivity index (χ1) is 3.70. The van der Waals surface area contributed by atoms with Crippen LogP contribution in [0.2, 0.25) is 0 Å². The molecule has 0 bridgehead atoms. The zero-order valence-electron chi connectivity index (χ0n) is 4.56. The molecular weight excluding hydrogens is 111 g/mol. The molecule has 0 radical (unpaired) electrons. The fraction of sp³-hybridized carbons (Fsp3) is 0.800. The van der Waals surface area contributed by atoms with Gasteiger partial charge in [-0.1, -0.05) is 0 Å². The molecule has 46 valence electrons. The molecule has 0 amide bonds. The molecule has 0 N–H and O–H groups in total. The lowest BCUT2D eigenvalue weighted by Gasteiger charge is -1.94. The number of carbonyl (C=O) groups is 1. The minimum Gasteiger partial charge on any atom is -0.460 e. The lowest BCUT2D eigenvalue weighted by Crippen LogP contribution is -2.06. The second-order valence-corrected chi connectivity index (χ2v) is 1.95. The summed E-state index contributed by atoms with van der Waals surface area (Å²) in [6.07, 6.45) is -1.37. The van der Waals surface area contributed by atoms with Crippen molar-refractivity contribution in [3.8, 4) is 0 Å². The standard InChI is InChI=1S/C5H7FO2/c1-3-2-4(6)5(7)8-3/h3-4H,2H2,1H3. The Morgan fingerprint density at radius 1 is 1.88 bits per heavy atom. The van der Waals surface area contributed by atoms with Gasteiger partial charge < -0.3 is 4.74 Å². The van der Waals surface area contributed by atoms with Crippen LogP contribution < -0.4 is 0 Å². The molecule has 0 aromatic rings. The molecule has 1 heterocycles. The Kier molecular flexibility index (Phi) is 1.19. The van der Waals surface area contributed by atoms with Crippen LogP contribution in [0.4, 0.5) is 4.39 Å². The molecule has 3 heteroatoms. The van der Waals surface area contributed by atoms with Crippen LogP contribution in [0.1, 0.15) is 13.3 Å². The third kappa shape index (κ3) is 0.804. The van der Waals surface area contributed by atoms with Crippen LogP contribution in [0.15, 0.2) is 0 Å². The molecule has 1 rings (SSSR count). The summed E-state index contributed by atoms with van der Waals surface area (Å²) in [6, 6.07) is 0. The van der Waals surface area contributed by atoms with Crippen LogP contribution in [0.3, 0.4) is 0 Å². The van der Waals surface area contributed by atoms with E-state index in [1.165, 1.54) is 0 Å². The van der Waals surface area contributed by atoms with E-state index in [0.29, 0.717) is 0 Å². The largest absolute Gasteiger partial charge is 0.460 e. The lowest BCUT2D eigenvalue weighted by atomic mass is 10.2. The average molecular weight is 118 g/mol. The van der Waals surface area contributed by atoms with Gasteiger partial charge in [0.2, 0.25) is 6.17 Å². The van der Waals surface area contributed by atoms with Crippen molar-refractivity contribution >= 4 is 5.97 Å². The highest BCUT2D eigenvalue weighted by Gasteiger charge is 2.31. The third-order valence-corrected chi connectivity index (χ3v) is 1.11. The minimum atomic E-state index is -1.37. The molecule has 2 unspecified atom stereocenters. The van der Waals surface area contributed by atoms with E-state index in [0.717, 1.165) is 0 Å². The highest BCUT2D eigenvalue weighted by molar-refractivity contribution is 5.76. The van der Waals surface area contributed by atoms with E-state index in [1.807, 2.05) is 0 Å². The highest BCUT2D eigenvalue weighted by atomic mass is 19.1. The van der Waals surface area contributed by atoms with Crippen molar-refractivity contribution in [3.05, 3.63) is 0 Å².